The predicted molar refractivity (Wildman–Crippen MR) is 110 cm³/mol. The highest BCUT2D eigenvalue weighted by Gasteiger charge is 2.19. The zero-order valence-corrected chi connectivity index (χ0v) is 17.4. The van der Waals surface area contributed by atoms with Crippen molar-refractivity contribution in [2.24, 2.45) is 10.2 Å². The molecular formula is C20H22N4O4S. The van der Waals surface area contributed by atoms with Crippen LogP contribution in [0.4, 0.5) is 5.69 Å². The lowest BCUT2D eigenvalue weighted by molar-refractivity contribution is 0.0995. The Morgan fingerprint density at radius 2 is 1.90 bits per heavy atom. The summed E-state index contributed by atoms with van der Waals surface area (Å²) in [7, 11) is -0.846. The Labute approximate surface area is 169 Å². The van der Waals surface area contributed by atoms with E-state index in [2.05, 4.69) is 10.2 Å². The highest BCUT2D eigenvalue weighted by atomic mass is 32.2. The first-order valence-corrected chi connectivity index (χ1v) is 10.4. The van der Waals surface area contributed by atoms with Crippen LogP contribution in [-0.4, -0.2) is 42.4 Å². The number of aryl methyl sites for hydroxylation is 2. The standard InChI is InChI=1S/C20H22N4O4S/c1-5-24-17-10-9-13(2)11-16(17)18(20(24)26)21-22-19(25)14-7-6-8-15(12-14)29(27,28)23(3)4/h6-12,26H,5H2,1-4H3. The quantitative estimate of drug-likeness (QED) is 0.640. The van der Waals surface area contributed by atoms with Crippen molar-refractivity contribution in [1.82, 2.24) is 8.87 Å². The van der Waals surface area contributed by atoms with Crippen molar-refractivity contribution in [3.8, 4) is 5.88 Å². The number of azo groups is 1. The summed E-state index contributed by atoms with van der Waals surface area (Å²) in [6, 6.07) is 11.3. The molecule has 1 aromatic heterocycles. The van der Waals surface area contributed by atoms with Crippen LogP contribution in [-0.2, 0) is 16.6 Å². The molecule has 0 saturated carbocycles. The molecule has 3 aromatic rings. The van der Waals surface area contributed by atoms with Gasteiger partial charge >= 0.3 is 0 Å². The van der Waals surface area contributed by atoms with Gasteiger partial charge in [0.2, 0.25) is 15.9 Å². The molecule has 0 saturated heterocycles. The number of amides is 1. The van der Waals surface area contributed by atoms with Gasteiger partial charge in [-0.2, -0.15) is 0 Å². The maximum absolute atomic E-state index is 12.5. The zero-order chi connectivity index (χ0) is 21.3. The minimum Gasteiger partial charge on any atom is -0.493 e. The second kappa shape index (κ2) is 7.76. The van der Waals surface area contributed by atoms with Gasteiger partial charge in [-0.25, -0.2) is 12.7 Å². The van der Waals surface area contributed by atoms with Crippen molar-refractivity contribution in [3.05, 3.63) is 53.6 Å². The molecule has 0 aliphatic carbocycles. The number of carbonyl (C=O) groups excluding carboxylic acids is 1. The number of aromatic hydroxyl groups is 1. The normalized spacial score (nSPS) is 12.3. The van der Waals surface area contributed by atoms with Crippen LogP contribution in [0.3, 0.4) is 0 Å². The van der Waals surface area contributed by atoms with E-state index >= 15 is 0 Å². The first-order chi connectivity index (χ1) is 13.7. The topological polar surface area (TPSA) is 104 Å². The molecule has 1 heterocycles. The van der Waals surface area contributed by atoms with Crippen LogP contribution in [0.25, 0.3) is 10.9 Å². The molecule has 1 amide bonds. The predicted octanol–water partition coefficient (Wildman–Crippen LogP) is 3.85. The van der Waals surface area contributed by atoms with Gasteiger partial charge in [-0.3, -0.25) is 4.79 Å². The van der Waals surface area contributed by atoms with Crippen molar-refractivity contribution in [3.63, 3.8) is 0 Å². The number of aromatic nitrogens is 1. The van der Waals surface area contributed by atoms with Crippen molar-refractivity contribution in [1.29, 1.82) is 0 Å². The summed E-state index contributed by atoms with van der Waals surface area (Å²) in [6.07, 6.45) is 0. The Bertz CT molecular complexity index is 1230. The van der Waals surface area contributed by atoms with E-state index in [1.807, 2.05) is 32.0 Å². The van der Waals surface area contributed by atoms with Crippen molar-refractivity contribution >= 4 is 32.5 Å². The highest BCUT2D eigenvalue weighted by Crippen LogP contribution is 2.39. The van der Waals surface area contributed by atoms with Crippen LogP contribution >= 0.6 is 0 Å². The number of hydrogen-bond donors (Lipinski definition) is 1. The number of benzene rings is 2. The molecule has 9 heteroatoms. The van der Waals surface area contributed by atoms with Crippen LogP contribution in [0, 0.1) is 6.92 Å². The summed E-state index contributed by atoms with van der Waals surface area (Å²) < 4.78 is 27.3. The molecule has 0 atom stereocenters. The Balaban J connectivity index is 2.01. The van der Waals surface area contributed by atoms with Crippen molar-refractivity contribution in [2.45, 2.75) is 25.3 Å². The molecule has 0 bridgehead atoms. The van der Waals surface area contributed by atoms with E-state index in [1.54, 1.807) is 4.57 Å². The number of carbonyl (C=O) groups is 1. The SMILES string of the molecule is CCn1c(O)c(N=NC(=O)c2cccc(S(=O)(=O)N(C)C)c2)c2cc(C)ccc21. The van der Waals surface area contributed by atoms with Gasteiger partial charge in [0.15, 0.2) is 5.69 Å². The summed E-state index contributed by atoms with van der Waals surface area (Å²) in [5.74, 6) is -0.779. The van der Waals surface area contributed by atoms with Gasteiger partial charge in [-0.1, -0.05) is 17.7 Å². The van der Waals surface area contributed by atoms with Gasteiger partial charge < -0.3 is 9.67 Å². The average Bonchev–Trinajstić information content (AvgIpc) is 2.95. The van der Waals surface area contributed by atoms with E-state index in [1.165, 1.54) is 38.4 Å². The summed E-state index contributed by atoms with van der Waals surface area (Å²) >= 11 is 0. The fourth-order valence-corrected chi connectivity index (χ4v) is 3.96. The Morgan fingerprint density at radius 3 is 2.55 bits per heavy atom. The largest absolute Gasteiger partial charge is 0.493 e. The van der Waals surface area contributed by atoms with E-state index < -0.39 is 15.9 Å². The molecule has 0 spiro atoms. The Kier molecular flexibility index (Phi) is 5.54. The van der Waals surface area contributed by atoms with Crippen LogP contribution in [0.2, 0.25) is 0 Å². The second-order valence-corrected chi connectivity index (χ2v) is 8.91. The first kappa shape index (κ1) is 20.7. The molecule has 0 radical (unpaired) electrons. The summed E-state index contributed by atoms with van der Waals surface area (Å²) in [5, 5.41) is 18.9. The molecule has 3 rings (SSSR count). The second-order valence-electron chi connectivity index (χ2n) is 6.76. The monoisotopic (exact) mass is 414 g/mol. The minimum absolute atomic E-state index is 0.00962. The molecule has 8 nitrogen and oxygen atoms in total. The van der Waals surface area contributed by atoms with Crippen LogP contribution in [0.1, 0.15) is 22.8 Å². The molecule has 2 aromatic carbocycles. The maximum atomic E-state index is 12.5. The number of nitrogens with zero attached hydrogens (tertiary/aromatic N) is 4. The van der Waals surface area contributed by atoms with Gasteiger partial charge in [-0.05, 0) is 44.2 Å². The number of sulfonamides is 1. The van der Waals surface area contributed by atoms with Crippen molar-refractivity contribution in [2.75, 3.05) is 14.1 Å². The molecular weight excluding hydrogens is 392 g/mol. The lowest BCUT2D eigenvalue weighted by Crippen LogP contribution is -2.22. The minimum atomic E-state index is -3.67. The smallest absolute Gasteiger partial charge is 0.295 e. The number of hydrogen-bond acceptors (Lipinski definition) is 5. The molecule has 0 aliphatic rings. The lowest BCUT2D eigenvalue weighted by Gasteiger charge is -2.11. The lowest BCUT2D eigenvalue weighted by atomic mass is 10.1. The Hall–Kier alpha value is -3.04. The maximum Gasteiger partial charge on any atom is 0.295 e. The summed E-state index contributed by atoms with van der Waals surface area (Å²) in [6.45, 7) is 4.34. The molecule has 152 valence electrons. The summed E-state index contributed by atoms with van der Waals surface area (Å²) in [5.41, 5.74) is 2.06. The molecule has 0 aliphatic heterocycles. The van der Waals surface area contributed by atoms with Crippen LogP contribution in [0.5, 0.6) is 5.88 Å². The van der Waals surface area contributed by atoms with Gasteiger partial charge in [0.1, 0.15) is 0 Å². The third-order valence-electron chi connectivity index (χ3n) is 4.58. The Morgan fingerprint density at radius 1 is 1.17 bits per heavy atom. The first-order valence-electron chi connectivity index (χ1n) is 8.97. The number of fused-ring (bicyclic) bond motifs is 1. The van der Waals surface area contributed by atoms with E-state index in [0.29, 0.717) is 11.9 Å². The third kappa shape index (κ3) is 3.79. The molecule has 29 heavy (non-hydrogen) atoms. The molecule has 0 unspecified atom stereocenters. The van der Waals surface area contributed by atoms with E-state index in [-0.39, 0.29) is 22.0 Å². The van der Waals surface area contributed by atoms with Gasteiger partial charge in [0, 0.05) is 31.6 Å². The van der Waals surface area contributed by atoms with Gasteiger partial charge in [-0.15, -0.1) is 10.2 Å². The summed E-state index contributed by atoms with van der Waals surface area (Å²) in [4.78, 5) is 12.5. The van der Waals surface area contributed by atoms with E-state index in [0.717, 1.165) is 15.4 Å². The number of rotatable bonds is 5. The van der Waals surface area contributed by atoms with Crippen LogP contribution in [0.15, 0.2) is 57.6 Å². The van der Waals surface area contributed by atoms with Gasteiger partial charge in [0.05, 0.1) is 10.4 Å². The molecule has 1 N–H and O–H groups in total. The van der Waals surface area contributed by atoms with E-state index in [4.69, 9.17) is 0 Å². The van der Waals surface area contributed by atoms with Gasteiger partial charge in [0.25, 0.3) is 5.91 Å². The van der Waals surface area contributed by atoms with Crippen molar-refractivity contribution < 1.29 is 18.3 Å². The fraction of sp³-hybridized carbons (Fsp3) is 0.250. The van der Waals surface area contributed by atoms with Crippen LogP contribution < -0.4 is 0 Å². The highest BCUT2D eigenvalue weighted by molar-refractivity contribution is 7.89. The molecule has 0 fully saturated rings. The average molecular weight is 414 g/mol. The fourth-order valence-electron chi connectivity index (χ4n) is 3.01. The zero-order valence-electron chi connectivity index (χ0n) is 16.6. The third-order valence-corrected chi connectivity index (χ3v) is 6.39. The van der Waals surface area contributed by atoms with E-state index in [9.17, 15) is 18.3 Å².